The fourth-order valence-electron chi connectivity index (χ4n) is 1.66. The molecule has 0 saturated heterocycles. The number of hydrogen-bond donors (Lipinski definition) is 1. The van der Waals surface area contributed by atoms with Crippen LogP contribution in [0.3, 0.4) is 0 Å². The molecule has 0 atom stereocenters. The van der Waals surface area contributed by atoms with Crippen molar-refractivity contribution in [1.29, 1.82) is 0 Å². The van der Waals surface area contributed by atoms with Crippen LogP contribution in [0.1, 0.15) is 35.6 Å². The molecule has 104 valence electrons. The van der Waals surface area contributed by atoms with Gasteiger partial charge in [-0.25, -0.2) is 14.8 Å². The number of rotatable bonds is 5. The number of nitrogens with zero attached hydrogens (tertiary/aromatic N) is 4. The summed E-state index contributed by atoms with van der Waals surface area (Å²) in [5, 5.41) is 18.2. The van der Waals surface area contributed by atoms with Crippen molar-refractivity contribution in [2.75, 3.05) is 0 Å². The highest BCUT2D eigenvalue weighted by molar-refractivity contribution is 7.99. The molecule has 6 nitrogen and oxygen atoms in total. The van der Waals surface area contributed by atoms with Crippen molar-refractivity contribution < 1.29 is 9.90 Å². The number of aromatic carboxylic acids is 1. The molecule has 7 heteroatoms. The molecule has 0 aliphatic heterocycles. The minimum Gasteiger partial charge on any atom is -0.478 e. The van der Waals surface area contributed by atoms with Crippen LogP contribution in [0.25, 0.3) is 0 Å². The molecule has 2 aromatic rings. The van der Waals surface area contributed by atoms with Gasteiger partial charge in [0.05, 0.1) is 17.0 Å². The molecular weight excluding hydrogens is 276 g/mol. The van der Waals surface area contributed by atoms with E-state index in [9.17, 15) is 4.79 Å². The van der Waals surface area contributed by atoms with Gasteiger partial charge < -0.3 is 5.11 Å². The molecule has 0 radical (unpaired) electrons. The Morgan fingerprint density at radius 1 is 1.25 bits per heavy atom. The highest BCUT2D eigenvalue weighted by Crippen LogP contribution is 2.23. The van der Waals surface area contributed by atoms with Crippen molar-refractivity contribution in [2.24, 2.45) is 0 Å². The van der Waals surface area contributed by atoms with Crippen LogP contribution >= 0.6 is 11.8 Å². The van der Waals surface area contributed by atoms with Gasteiger partial charge in [-0.2, -0.15) is 5.10 Å². The zero-order valence-electron chi connectivity index (χ0n) is 11.2. The quantitative estimate of drug-likeness (QED) is 0.903. The first-order valence-electron chi connectivity index (χ1n) is 6.23. The van der Waals surface area contributed by atoms with Crippen LogP contribution < -0.4 is 0 Å². The topological polar surface area (TPSA) is 88.9 Å². The van der Waals surface area contributed by atoms with Crippen molar-refractivity contribution in [3.05, 3.63) is 35.3 Å². The molecule has 0 aliphatic carbocycles. The SMILES string of the molecule is CCc1nnc(Sc2cc(C(=O)O)ccn2)nc1CC. The summed E-state index contributed by atoms with van der Waals surface area (Å²) in [5.74, 6) is -0.983. The predicted octanol–water partition coefficient (Wildman–Crippen LogP) is 2.24. The maximum Gasteiger partial charge on any atom is 0.335 e. The summed E-state index contributed by atoms with van der Waals surface area (Å²) in [6.07, 6.45) is 3.04. The van der Waals surface area contributed by atoms with Gasteiger partial charge in [0.25, 0.3) is 0 Å². The Labute approximate surface area is 120 Å². The molecule has 0 aliphatic rings. The lowest BCUT2D eigenvalue weighted by atomic mass is 10.2. The predicted molar refractivity (Wildman–Crippen MR) is 73.9 cm³/mol. The monoisotopic (exact) mass is 290 g/mol. The lowest BCUT2D eigenvalue weighted by molar-refractivity contribution is 0.0696. The maximum atomic E-state index is 10.9. The molecule has 2 heterocycles. The summed E-state index contributed by atoms with van der Waals surface area (Å²) < 4.78 is 0. The van der Waals surface area contributed by atoms with E-state index in [1.54, 1.807) is 0 Å². The molecule has 0 unspecified atom stereocenters. The van der Waals surface area contributed by atoms with Gasteiger partial charge in [-0.05, 0) is 36.7 Å². The Balaban J connectivity index is 2.25. The first-order valence-corrected chi connectivity index (χ1v) is 7.05. The fraction of sp³-hybridized carbons (Fsp3) is 0.308. The van der Waals surface area contributed by atoms with E-state index in [2.05, 4.69) is 20.2 Å². The normalized spacial score (nSPS) is 10.5. The molecule has 0 spiro atoms. The second kappa shape index (κ2) is 6.42. The Kier molecular flexibility index (Phi) is 4.62. The third kappa shape index (κ3) is 3.30. The maximum absolute atomic E-state index is 10.9. The molecule has 20 heavy (non-hydrogen) atoms. The molecule has 0 bridgehead atoms. The van der Waals surface area contributed by atoms with E-state index in [-0.39, 0.29) is 5.56 Å². The Hall–Kier alpha value is -2.02. The number of aryl methyl sites for hydroxylation is 2. The fourth-order valence-corrected chi connectivity index (χ4v) is 2.38. The number of hydrogen-bond acceptors (Lipinski definition) is 6. The Morgan fingerprint density at radius 2 is 2.00 bits per heavy atom. The Bertz CT molecular complexity index is 634. The summed E-state index contributed by atoms with van der Waals surface area (Å²) in [6, 6.07) is 2.94. The van der Waals surface area contributed by atoms with Gasteiger partial charge in [-0.3, -0.25) is 0 Å². The van der Waals surface area contributed by atoms with Gasteiger partial charge in [0.2, 0.25) is 5.16 Å². The second-order valence-corrected chi connectivity index (χ2v) is 4.97. The highest BCUT2D eigenvalue weighted by Gasteiger charge is 2.10. The molecule has 2 rings (SSSR count). The molecule has 0 fully saturated rings. The van der Waals surface area contributed by atoms with E-state index in [4.69, 9.17) is 5.11 Å². The van der Waals surface area contributed by atoms with Gasteiger partial charge in [0, 0.05) is 6.20 Å². The molecular formula is C13H14N4O2S. The van der Waals surface area contributed by atoms with Gasteiger partial charge in [-0.1, -0.05) is 13.8 Å². The molecule has 0 saturated carbocycles. The number of aromatic nitrogens is 4. The number of pyridine rings is 1. The van der Waals surface area contributed by atoms with E-state index in [0.717, 1.165) is 24.2 Å². The number of carboxylic acid groups (broad SMARTS) is 1. The van der Waals surface area contributed by atoms with E-state index >= 15 is 0 Å². The third-order valence-corrected chi connectivity index (χ3v) is 3.46. The highest BCUT2D eigenvalue weighted by atomic mass is 32.2. The van der Waals surface area contributed by atoms with Crippen LogP contribution in [-0.4, -0.2) is 31.2 Å². The standard InChI is InChI=1S/C13H14N4O2S/c1-3-9-10(4-2)16-17-13(15-9)20-11-7-8(12(18)19)5-6-14-11/h5-7H,3-4H2,1-2H3,(H,18,19). The van der Waals surface area contributed by atoms with Gasteiger partial charge in [0.1, 0.15) is 5.03 Å². The van der Waals surface area contributed by atoms with Crippen molar-refractivity contribution >= 4 is 17.7 Å². The van der Waals surface area contributed by atoms with Crippen LogP contribution in [0.15, 0.2) is 28.5 Å². The minimum atomic E-state index is -0.983. The minimum absolute atomic E-state index is 0.191. The zero-order chi connectivity index (χ0) is 14.5. The first kappa shape index (κ1) is 14.4. The Morgan fingerprint density at radius 3 is 2.65 bits per heavy atom. The van der Waals surface area contributed by atoms with E-state index in [0.29, 0.717) is 10.2 Å². The summed E-state index contributed by atoms with van der Waals surface area (Å²) in [4.78, 5) is 19.4. The molecule has 0 amide bonds. The van der Waals surface area contributed by atoms with Crippen LogP contribution in [0.5, 0.6) is 0 Å². The van der Waals surface area contributed by atoms with Gasteiger partial charge in [-0.15, -0.1) is 5.10 Å². The first-order chi connectivity index (χ1) is 9.63. The third-order valence-electron chi connectivity index (χ3n) is 2.67. The van der Waals surface area contributed by atoms with Crippen LogP contribution in [0, 0.1) is 0 Å². The number of carboxylic acids is 1. The van der Waals surface area contributed by atoms with Crippen LogP contribution in [-0.2, 0) is 12.8 Å². The van der Waals surface area contributed by atoms with Gasteiger partial charge >= 0.3 is 5.97 Å². The van der Waals surface area contributed by atoms with Crippen molar-refractivity contribution in [3.63, 3.8) is 0 Å². The van der Waals surface area contributed by atoms with Crippen molar-refractivity contribution in [3.8, 4) is 0 Å². The summed E-state index contributed by atoms with van der Waals surface area (Å²) in [6.45, 7) is 4.02. The average molecular weight is 290 g/mol. The molecule has 2 aromatic heterocycles. The largest absolute Gasteiger partial charge is 0.478 e. The van der Waals surface area contributed by atoms with Crippen molar-refractivity contribution in [2.45, 2.75) is 36.9 Å². The smallest absolute Gasteiger partial charge is 0.335 e. The van der Waals surface area contributed by atoms with Crippen molar-refractivity contribution in [1.82, 2.24) is 20.2 Å². The van der Waals surface area contributed by atoms with E-state index in [1.165, 1.54) is 30.1 Å². The van der Waals surface area contributed by atoms with E-state index < -0.39 is 5.97 Å². The summed E-state index contributed by atoms with van der Waals surface area (Å²) in [5.41, 5.74) is 2.00. The summed E-state index contributed by atoms with van der Waals surface area (Å²) in [7, 11) is 0. The molecule has 1 N–H and O–H groups in total. The second-order valence-electron chi connectivity index (χ2n) is 3.98. The molecule has 0 aromatic carbocycles. The van der Waals surface area contributed by atoms with E-state index in [1.807, 2.05) is 13.8 Å². The lowest BCUT2D eigenvalue weighted by Gasteiger charge is -2.05. The zero-order valence-corrected chi connectivity index (χ0v) is 12.0. The number of carbonyl (C=O) groups is 1. The average Bonchev–Trinajstić information content (AvgIpc) is 2.47. The van der Waals surface area contributed by atoms with Crippen LogP contribution in [0.4, 0.5) is 0 Å². The summed E-state index contributed by atoms with van der Waals surface area (Å²) >= 11 is 1.21. The van der Waals surface area contributed by atoms with Crippen LogP contribution in [0.2, 0.25) is 0 Å². The van der Waals surface area contributed by atoms with Gasteiger partial charge in [0.15, 0.2) is 0 Å². The lowest BCUT2D eigenvalue weighted by Crippen LogP contribution is -2.04.